The highest BCUT2D eigenvalue weighted by Crippen LogP contribution is 2.24. The third-order valence-electron chi connectivity index (χ3n) is 4.91. The number of guanidine groups is 1. The van der Waals surface area contributed by atoms with Gasteiger partial charge in [0.1, 0.15) is 11.3 Å². The van der Waals surface area contributed by atoms with Crippen LogP contribution in [0, 0.1) is 20.8 Å². The number of nitrogens with zero attached hydrogens (tertiary/aromatic N) is 3. The van der Waals surface area contributed by atoms with Crippen LogP contribution in [0.5, 0.6) is 0 Å². The first-order valence-corrected chi connectivity index (χ1v) is 8.92. The van der Waals surface area contributed by atoms with Crippen molar-refractivity contribution in [1.82, 2.24) is 20.4 Å². The number of halogens is 1. The van der Waals surface area contributed by atoms with Gasteiger partial charge >= 0.3 is 0 Å². The van der Waals surface area contributed by atoms with Crippen molar-refractivity contribution in [3.63, 3.8) is 0 Å². The van der Waals surface area contributed by atoms with E-state index in [2.05, 4.69) is 47.6 Å². The van der Waals surface area contributed by atoms with Gasteiger partial charge in [-0.1, -0.05) is 18.2 Å². The Balaban J connectivity index is 0.00000261. The normalized spacial score (nSPS) is 11.5. The molecule has 0 saturated carbocycles. The van der Waals surface area contributed by atoms with Gasteiger partial charge in [-0.3, -0.25) is 9.67 Å². The number of aryl methyl sites for hydroxylation is 3. The van der Waals surface area contributed by atoms with E-state index in [0.717, 1.165) is 41.3 Å². The van der Waals surface area contributed by atoms with E-state index in [9.17, 15) is 0 Å². The Kier molecular flexibility index (Phi) is 7.29. The second-order valence-corrected chi connectivity index (χ2v) is 6.52. The van der Waals surface area contributed by atoms with Gasteiger partial charge in [0, 0.05) is 37.3 Å². The Morgan fingerprint density at radius 1 is 1.19 bits per heavy atom. The monoisotopic (exact) mass is 481 g/mol. The molecule has 0 saturated heterocycles. The number of hydrogen-bond donors (Lipinski definition) is 2. The summed E-state index contributed by atoms with van der Waals surface area (Å²) >= 11 is 0. The van der Waals surface area contributed by atoms with E-state index in [1.807, 2.05) is 29.9 Å². The molecule has 0 radical (unpaired) electrons. The summed E-state index contributed by atoms with van der Waals surface area (Å²) in [6, 6.07) is 8.11. The molecule has 0 atom stereocenters. The molecule has 0 aliphatic heterocycles. The van der Waals surface area contributed by atoms with Gasteiger partial charge in [0.15, 0.2) is 5.96 Å². The molecule has 146 valence electrons. The lowest BCUT2D eigenvalue weighted by Crippen LogP contribution is -2.38. The van der Waals surface area contributed by atoms with Crippen LogP contribution >= 0.6 is 24.0 Å². The van der Waals surface area contributed by atoms with E-state index in [4.69, 9.17) is 4.42 Å². The zero-order chi connectivity index (χ0) is 18.7. The van der Waals surface area contributed by atoms with Gasteiger partial charge < -0.3 is 15.1 Å². The number of hydrogen-bond acceptors (Lipinski definition) is 3. The Labute approximate surface area is 177 Å². The van der Waals surface area contributed by atoms with Crippen LogP contribution < -0.4 is 10.6 Å². The molecule has 27 heavy (non-hydrogen) atoms. The van der Waals surface area contributed by atoms with Crippen molar-refractivity contribution < 1.29 is 4.42 Å². The molecule has 0 fully saturated rings. The first kappa shape index (κ1) is 21.3. The molecular formula is C20H28IN5O. The Bertz CT molecular complexity index is 941. The number of nitrogens with one attached hydrogen (secondary N) is 2. The maximum absolute atomic E-state index is 5.95. The van der Waals surface area contributed by atoms with Gasteiger partial charge in [-0.05, 0) is 38.8 Å². The average molecular weight is 481 g/mol. The number of aromatic nitrogens is 2. The van der Waals surface area contributed by atoms with Crippen molar-refractivity contribution >= 4 is 40.9 Å². The molecule has 0 spiro atoms. The predicted molar refractivity (Wildman–Crippen MR) is 121 cm³/mol. The standard InChI is InChI=1S/C20H27N5O.HI/c1-13-16-8-6-7-9-18(16)26-19(13)12-23-20(21-4)22-11-10-17-14(2)24-25(5)15(17)3;/h6-9H,10-12H2,1-5H3,(H2,21,22,23);1H. The average Bonchev–Trinajstić information content (AvgIpc) is 3.08. The quantitative estimate of drug-likeness (QED) is 0.332. The zero-order valence-corrected chi connectivity index (χ0v) is 18.9. The summed E-state index contributed by atoms with van der Waals surface area (Å²) in [5, 5.41) is 12.3. The minimum Gasteiger partial charge on any atom is -0.459 e. The van der Waals surface area contributed by atoms with Crippen LogP contribution in [-0.2, 0) is 20.0 Å². The summed E-state index contributed by atoms with van der Waals surface area (Å²) in [7, 11) is 3.76. The largest absolute Gasteiger partial charge is 0.459 e. The fraction of sp³-hybridized carbons (Fsp3) is 0.400. The van der Waals surface area contributed by atoms with Crippen LogP contribution in [0.15, 0.2) is 33.7 Å². The van der Waals surface area contributed by atoms with Crippen molar-refractivity contribution in [2.75, 3.05) is 13.6 Å². The molecule has 0 amide bonds. The highest BCUT2D eigenvalue weighted by molar-refractivity contribution is 14.0. The van der Waals surface area contributed by atoms with Crippen LogP contribution in [0.3, 0.4) is 0 Å². The van der Waals surface area contributed by atoms with Crippen LogP contribution in [0.2, 0.25) is 0 Å². The maximum atomic E-state index is 5.95. The van der Waals surface area contributed by atoms with E-state index < -0.39 is 0 Å². The lowest BCUT2D eigenvalue weighted by atomic mass is 10.1. The predicted octanol–water partition coefficient (Wildman–Crippen LogP) is 3.62. The molecule has 6 nitrogen and oxygen atoms in total. The Morgan fingerprint density at radius 2 is 1.93 bits per heavy atom. The van der Waals surface area contributed by atoms with Gasteiger partial charge in [0.05, 0.1) is 12.2 Å². The third-order valence-corrected chi connectivity index (χ3v) is 4.91. The van der Waals surface area contributed by atoms with Gasteiger partial charge in [-0.15, -0.1) is 24.0 Å². The van der Waals surface area contributed by atoms with Crippen molar-refractivity contribution in [1.29, 1.82) is 0 Å². The van der Waals surface area contributed by atoms with Crippen LogP contribution in [-0.4, -0.2) is 29.3 Å². The number of fused-ring (bicyclic) bond motifs is 1. The second-order valence-electron chi connectivity index (χ2n) is 6.52. The summed E-state index contributed by atoms with van der Waals surface area (Å²) in [4.78, 5) is 4.30. The summed E-state index contributed by atoms with van der Waals surface area (Å²) < 4.78 is 7.88. The SMILES string of the molecule is CN=C(NCCc1c(C)nn(C)c1C)NCc1oc2ccccc2c1C.I. The van der Waals surface area contributed by atoms with Crippen molar-refractivity contribution in [3.05, 3.63) is 52.5 Å². The fourth-order valence-corrected chi connectivity index (χ4v) is 3.26. The van der Waals surface area contributed by atoms with Crippen LogP contribution in [0.4, 0.5) is 0 Å². The summed E-state index contributed by atoms with van der Waals surface area (Å²) in [6.07, 6.45) is 0.913. The first-order chi connectivity index (χ1) is 12.5. The van der Waals surface area contributed by atoms with E-state index in [1.165, 1.54) is 16.8 Å². The van der Waals surface area contributed by atoms with Crippen LogP contribution in [0.25, 0.3) is 11.0 Å². The fourth-order valence-electron chi connectivity index (χ4n) is 3.26. The number of furan rings is 1. The zero-order valence-electron chi connectivity index (χ0n) is 16.6. The minimum absolute atomic E-state index is 0. The Morgan fingerprint density at radius 3 is 2.56 bits per heavy atom. The molecule has 2 aromatic heterocycles. The smallest absolute Gasteiger partial charge is 0.191 e. The van der Waals surface area contributed by atoms with Gasteiger partial charge in [-0.25, -0.2) is 0 Å². The maximum Gasteiger partial charge on any atom is 0.191 e. The van der Waals surface area contributed by atoms with Gasteiger partial charge in [0.2, 0.25) is 0 Å². The second kappa shape index (κ2) is 9.25. The molecule has 0 aliphatic carbocycles. The van der Waals surface area contributed by atoms with E-state index >= 15 is 0 Å². The van der Waals surface area contributed by atoms with Crippen LogP contribution in [0.1, 0.15) is 28.3 Å². The molecular weight excluding hydrogens is 453 g/mol. The summed E-state index contributed by atoms with van der Waals surface area (Å²) in [6.45, 7) is 7.65. The molecule has 3 rings (SSSR count). The molecule has 3 aromatic rings. The van der Waals surface area contributed by atoms with E-state index in [1.54, 1.807) is 7.05 Å². The molecule has 7 heteroatoms. The molecule has 0 bridgehead atoms. The van der Waals surface area contributed by atoms with Crippen molar-refractivity contribution in [3.8, 4) is 0 Å². The highest BCUT2D eigenvalue weighted by atomic mass is 127. The summed E-state index contributed by atoms with van der Waals surface area (Å²) in [5.74, 6) is 1.71. The minimum atomic E-state index is 0. The van der Waals surface area contributed by atoms with Gasteiger partial charge in [-0.2, -0.15) is 5.10 Å². The van der Waals surface area contributed by atoms with Crippen molar-refractivity contribution in [2.24, 2.45) is 12.0 Å². The number of benzene rings is 1. The Hall–Kier alpha value is -2.03. The lowest BCUT2D eigenvalue weighted by Gasteiger charge is -2.11. The highest BCUT2D eigenvalue weighted by Gasteiger charge is 2.11. The topological polar surface area (TPSA) is 67.4 Å². The number of para-hydroxylation sites is 1. The first-order valence-electron chi connectivity index (χ1n) is 8.92. The van der Waals surface area contributed by atoms with Gasteiger partial charge in [0.25, 0.3) is 0 Å². The molecule has 2 N–H and O–H groups in total. The number of rotatable bonds is 5. The molecule has 0 aliphatic rings. The lowest BCUT2D eigenvalue weighted by molar-refractivity contribution is 0.534. The molecule has 0 unspecified atom stereocenters. The third kappa shape index (κ3) is 4.63. The van der Waals surface area contributed by atoms with Crippen molar-refractivity contribution in [2.45, 2.75) is 33.7 Å². The summed E-state index contributed by atoms with van der Waals surface area (Å²) in [5.41, 5.74) is 5.69. The van der Waals surface area contributed by atoms with E-state index in [0.29, 0.717) is 6.54 Å². The molecule has 2 heterocycles. The number of aliphatic imine (C=N–C) groups is 1. The molecule has 1 aromatic carbocycles. The van der Waals surface area contributed by atoms with E-state index in [-0.39, 0.29) is 24.0 Å².